The monoisotopic (exact) mass is 214 g/mol. The van der Waals surface area contributed by atoms with Gasteiger partial charge in [-0.2, -0.15) is 0 Å². The van der Waals surface area contributed by atoms with Crippen LogP contribution < -0.4 is 0 Å². The van der Waals surface area contributed by atoms with Crippen LogP contribution in [0.5, 0.6) is 0 Å². The van der Waals surface area contributed by atoms with Crippen LogP contribution in [0.25, 0.3) is 6.08 Å². The van der Waals surface area contributed by atoms with Crippen LogP contribution >= 0.6 is 0 Å². The number of carbonyl (C=O) groups is 2. The van der Waals surface area contributed by atoms with Crippen LogP contribution in [0.4, 0.5) is 0 Å². The minimum atomic E-state index is -0.0835. The molecule has 0 radical (unpaired) electrons. The highest BCUT2D eigenvalue weighted by atomic mass is 16.1. The molecule has 0 fully saturated rings. The van der Waals surface area contributed by atoms with Gasteiger partial charge in [0, 0.05) is 6.42 Å². The summed E-state index contributed by atoms with van der Waals surface area (Å²) < 4.78 is 0. The van der Waals surface area contributed by atoms with Crippen LogP contribution in [-0.4, -0.2) is 12.1 Å². The Kier molecular flexibility index (Phi) is 2.73. The Hall–Kier alpha value is -1.70. The maximum Gasteiger partial charge on any atom is 0.170 e. The van der Waals surface area contributed by atoms with E-state index in [-0.39, 0.29) is 11.4 Å². The average Bonchev–Trinajstić information content (AvgIpc) is 2.27. The molecule has 0 bridgehead atoms. The summed E-state index contributed by atoms with van der Waals surface area (Å²) in [5.41, 5.74) is 3.54. The molecule has 1 aromatic carbocycles. The van der Waals surface area contributed by atoms with E-state index in [4.69, 9.17) is 0 Å². The van der Waals surface area contributed by atoms with Gasteiger partial charge in [0.15, 0.2) is 12.1 Å². The van der Waals surface area contributed by atoms with Gasteiger partial charge in [0.05, 0.1) is 5.57 Å². The van der Waals surface area contributed by atoms with Crippen molar-refractivity contribution in [1.29, 1.82) is 0 Å². The van der Waals surface area contributed by atoms with E-state index in [1.807, 2.05) is 6.07 Å². The van der Waals surface area contributed by atoms with E-state index in [2.05, 4.69) is 26.0 Å². The van der Waals surface area contributed by atoms with Crippen molar-refractivity contribution in [2.45, 2.75) is 26.2 Å². The van der Waals surface area contributed by atoms with Crippen molar-refractivity contribution in [3.8, 4) is 0 Å². The van der Waals surface area contributed by atoms with E-state index in [9.17, 15) is 9.59 Å². The van der Waals surface area contributed by atoms with Gasteiger partial charge in [-0.3, -0.25) is 9.59 Å². The molecule has 82 valence electrons. The number of fused-ring (bicyclic) bond motifs is 1. The normalized spacial score (nSPS) is 14.7. The third-order valence-corrected chi connectivity index (χ3v) is 2.95. The molecule has 2 nitrogen and oxygen atoms in total. The van der Waals surface area contributed by atoms with Gasteiger partial charge >= 0.3 is 0 Å². The van der Waals surface area contributed by atoms with Gasteiger partial charge in [0.2, 0.25) is 0 Å². The summed E-state index contributed by atoms with van der Waals surface area (Å²) >= 11 is 0. The molecule has 1 aliphatic rings. The zero-order valence-corrected chi connectivity index (χ0v) is 9.49. The molecule has 16 heavy (non-hydrogen) atoms. The first-order valence-corrected chi connectivity index (χ1v) is 5.44. The quantitative estimate of drug-likeness (QED) is 0.560. The van der Waals surface area contributed by atoms with E-state index in [1.54, 1.807) is 6.08 Å². The summed E-state index contributed by atoms with van der Waals surface area (Å²) in [6, 6.07) is 6.10. The molecule has 0 saturated carbocycles. The lowest BCUT2D eigenvalue weighted by molar-refractivity contribution is -0.117. The Morgan fingerprint density at radius 3 is 2.69 bits per heavy atom. The number of allylic oxidation sites excluding steroid dienone is 1. The fraction of sp³-hybridized carbons (Fsp3) is 0.286. The molecule has 0 aromatic heterocycles. The SMILES string of the molecule is CC(C)c1ccc2c(c1)C=C(C=O)C(=O)C2. The summed E-state index contributed by atoms with van der Waals surface area (Å²) in [6.45, 7) is 4.25. The zero-order chi connectivity index (χ0) is 11.7. The van der Waals surface area contributed by atoms with Crippen LogP contribution in [0.3, 0.4) is 0 Å². The van der Waals surface area contributed by atoms with Crippen molar-refractivity contribution in [2.75, 3.05) is 0 Å². The average molecular weight is 214 g/mol. The second-order valence-corrected chi connectivity index (χ2v) is 4.43. The lowest BCUT2D eigenvalue weighted by Gasteiger charge is -2.15. The zero-order valence-electron chi connectivity index (χ0n) is 9.49. The first-order valence-electron chi connectivity index (χ1n) is 5.44. The lowest BCUT2D eigenvalue weighted by Crippen LogP contribution is -2.13. The van der Waals surface area contributed by atoms with Gasteiger partial charge in [0.25, 0.3) is 0 Å². The van der Waals surface area contributed by atoms with Crippen molar-refractivity contribution in [1.82, 2.24) is 0 Å². The van der Waals surface area contributed by atoms with Crippen molar-refractivity contribution < 1.29 is 9.59 Å². The molecule has 0 unspecified atom stereocenters. The highest BCUT2D eigenvalue weighted by Crippen LogP contribution is 2.25. The van der Waals surface area contributed by atoms with Gasteiger partial charge in [0.1, 0.15) is 0 Å². The molecule has 2 heteroatoms. The van der Waals surface area contributed by atoms with Gasteiger partial charge in [-0.15, -0.1) is 0 Å². The van der Waals surface area contributed by atoms with Gasteiger partial charge in [-0.1, -0.05) is 32.0 Å². The third kappa shape index (κ3) is 1.83. The standard InChI is InChI=1S/C14H14O2/c1-9(2)10-3-4-11-7-14(16)13(8-15)6-12(11)5-10/h3-6,8-9H,7H2,1-2H3. The van der Waals surface area contributed by atoms with Crippen LogP contribution in [0.1, 0.15) is 36.5 Å². The van der Waals surface area contributed by atoms with Crippen molar-refractivity contribution in [3.63, 3.8) is 0 Å². The smallest absolute Gasteiger partial charge is 0.170 e. The fourth-order valence-corrected chi connectivity index (χ4v) is 1.89. The maximum absolute atomic E-state index is 11.5. The van der Waals surface area contributed by atoms with E-state index in [0.29, 0.717) is 18.6 Å². The molecule has 0 aliphatic heterocycles. The summed E-state index contributed by atoms with van der Waals surface area (Å²) in [7, 11) is 0. The summed E-state index contributed by atoms with van der Waals surface area (Å²) in [5, 5.41) is 0. The highest BCUT2D eigenvalue weighted by Gasteiger charge is 2.18. The highest BCUT2D eigenvalue weighted by molar-refractivity contribution is 6.17. The Morgan fingerprint density at radius 1 is 1.31 bits per heavy atom. The van der Waals surface area contributed by atoms with Gasteiger partial charge in [-0.25, -0.2) is 0 Å². The molecule has 2 rings (SSSR count). The summed E-state index contributed by atoms with van der Waals surface area (Å²) in [4.78, 5) is 22.2. The predicted octanol–water partition coefficient (Wildman–Crippen LogP) is 2.52. The lowest BCUT2D eigenvalue weighted by atomic mass is 9.89. The molecule has 0 N–H and O–H groups in total. The molecule has 1 aliphatic carbocycles. The molecule has 0 spiro atoms. The second kappa shape index (κ2) is 4.05. The number of benzene rings is 1. The van der Waals surface area contributed by atoms with Crippen LogP contribution in [0.2, 0.25) is 0 Å². The van der Waals surface area contributed by atoms with Gasteiger partial charge in [-0.05, 0) is 28.7 Å². The molecule has 1 aromatic rings. The van der Waals surface area contributed by atoms with Crippen LogP contribution in [0, 0.1) is 0 Å². The predicted molar refractivity (Wildman–Crippen MR) is 63.3 cm³/mol. The largest absolute Gasteiger partial charge is 0.298 e. The van der Waals surface area contributed by atoms with Crippen LogP contribution in [0.15, 0.2) is 23.8 Å². The molecular formula is C14H14O2. The number of carbonyl (C=O) groups excluding carboxylic acids is 2. The second-order valence-electron chi connectivity index (χ2n) is 4.43. The Balaban J connectivity index is 2.50. The number of hydrogen-bond donors (Lipinski definition) is 0. The molecular weight excluding hydrogens is 200 g/mol. The molecule has 0 amide bonds. The van der Waals surface area contributed by atoms with Crippen molar-refractivity contribution in [2.24, 2.45) is 0 Å². The van der Waals surface area contributed by atoms with E-state index < -0.39 is 0 Å². The van der Waals surface area contributed by atoms with E-state index in [1.165, 1.54) is 5.56 Å². The summed E-state index contributed by atoms with van der Waals surface area (Å²) in [6.07, 6.45) is 2.69. The number of rotatable bonds is 2. The Labute approximate surface area is 95.0 Å². The number of ketones is 1. The van der Waals surface area contributed by atoms with E-state index in [0.717, 1.165) is 11.1 Å². The minimum absolute atomic E-state index is 0.0835. The number of aldehydes is 1. The number of hydrogen-bond acceptors (Lipinski definition) is 2. The molecule has 0 saturated heterocycles. The van der Waals surface area contributed by atoms with Crippen molar-refractivity contribution >= 4 is 18.1 Å². The maximum atomic E-state index is 11.5. The van der Waals surface area contributed by atoms with E-state index >= 15 is 0 Å². The van der Waals surface area contributed by atoms with Crippen molar-refractivity contribution in [3.05, 3.63) is 40.5 Å². The number of Topliss-reactive ketones (excluding diaryl/α,β-unsaturated/α-hetero) is 1. The van der Waals surface area contributed by atoms with Gasteiger partial charge < -0.3 is 0 Å². The first-order chi connectivity index (χ1) is 7.61. The minimum Gasteiger partial charge on any atom is -0.298 e. The first kappa shape index (κ1) is 10.8. The summed E-state index contributed by atoms with van der Waals surface area (Å²) in [5.74, 6) is 0.371. The third-order valence-electron chi connectivity index (χ3n) is 2.95. The Bertz CT molecular complexity index is 482. The molecule has 0 heterocycles. The fourth-order valence-electron chi connectivity index (χ4n) is 1.89. The Morgan fingerprint density at radius 2 is 2.06 bits per heavy atom. The topological polar surface area (TPSA) is 34.1 Å². The molecule has 0 atom stereocenters. The van der Waals surface area contributed by atoms with Crippen LogP contribution in [-0.2, 0) is 16.0 Å².